The summed E-state index contributed by atoms with van der Waals surface area (Å²) in [6, 6.07) is 14.1. The molecule has 0 saturated carbocycles. The summed E-state index contributed by atoms with van der Waals surface area (Å²) in [6.45, 7) is 5.55. The molecule has 0 aliphatic rings. The Hall–Kier alpha value is -2.90. The van der Waals surface area contributed by atoms with Crippen molar-refractivity contribution < 1.29 is 9.53 Å². The van der Waals surface area contributed by atoms with E-state index >= 15 is 0 Å². The fraction of sp³-hybridized carbons (Fsp3) is 0.280. The zero-order chi connectivity index (χ0) is 22.5. The van der Waals surface area contributed by atoms with Crippen LogP contribution in [0.3, 0.4) is 0 Å². The molecular weight excluding hydrogens is 438 g/mol. The molecule has 0 fully saturated rings. The van der Waals surface area contributed by atoms with Gasteiger partial charge in [-0.15, -0.1) is 22.7 Å². The lowest BCUT2D eigenvalue weighted by Crippen LogP contribution is -2.24. The van der Waals surface area contributed by atoms with E-state index in [-0.39, 0.29) is 5.91 Å². The number of rotatable bonds is 9. The van der Waals surface area contributed by atoms with Crippen molar-refractivity contribution in [2.24, 2.45) is 0 Å². The molecule has 3 aromatic heterocycles. The van der Waals surface area contributed by atoms with Crippen LogP contribution in [0.15, 0.2) is 53.2 Å². The van der Waals surface area contributed by atoms with Crippen molar-refractivity contribution >= 4 is 28.6 Å². The van der Waals surface area contributed by atoms with Gasteiger partial charge in [-0.2, -0.15) is 0 Å². The summed E-state index contributed by atoms with van der Waals surface area (Å²) in [5.74, 6) is 0.803. The standard InChI is InChI=1S/C25H27N3O2S2/c1-4-5-12-26-24(29)21-14-23(28(17(21)2)15-20-7-6-13-31-20)22-16-32-25(27-22)18-8-10-19(30-3)11-9-18/h6-11,13-14,16H,4-5,12,15H2,1-3H3,(H,26,29). The SMILES string of the molecule is CCCCNC(=O)c1cc(-c2csc(-c3ccc(OC)cc3)n2)n(Cc2cccs2)c1C. The molecule has 1 N–H and O–H groups in total. The second kappa shape index (κ2) is 10.1. The van der Waals surface area contributed by atoms with Crippen molar-refractivity contribution in [3.05, 3.63) is 69.4 Å². The molecule has 3 heterocycles. The largest absolute Gasteiger partial charge is 0.497 e. The number of benzene rings is 1. The minimum atomic E-state index is -0.0206. The van der Waals surface area contributed by atoms with E-state index < -0.39 is 0 Å². The van der Waals surface area contributed by atoms with Crippen LogP contribution >= 0.6 is 22.7 Å². The van der Waals surface area contributed by atoms with E-state index in [1.165, 1.54) is 4.88 Å². The molecule has 0 saturated heterocycles. The van der Waals surface area contributed by atoms with Gasteiger partial charge in [-0.25, -0.2) is 4.98 Å². The maximum absolute atomic E-state index is 12.9. The predicted molar refractivity (Wildman–Crippen MR) is 133 cm³/mol. The molecule has 32 heavy (non-hydrogen) atoms. The van der Waals surface area contributed by atoms with Gasteiger partial charge in [0, 0.05) is 28.1 Å². The van der Waals surface area contributed by atoms with Gasteiger partial charge >= 0.3 is 0 Å². The van der Waals surface area contributed by atoms with Crippen LogP contribution in [0.1, 0.15) is 40.7 Å². The number of amides is 1. The van der Waals surface area contributed by atoms with Crippen LogP contribution in [0.4, 0.5) is 0 Å². The highest BCUT2D eigenvalue weighted by Gasteiger charge is 2.20. The Morgan fingerprint density at radius 1 is 1.19 bits per heavy atom. The topological polar surface area (TPSA) is 56.1 Å². The highest BCUT2D eigenvalue weighted by molar-refractivity contribution is 7.13. The second-order valence-electron chi connectivity index (χ2n) is 7.57. The Kier molecular flexibility index (Phi) is 7.07. The maximum Gasteiger partial charge on any atom is 0.253 e. The number of thiazole rings is 1. The lowest BCUT2D eigenvalue weighted by molar-refractivity contribution is 0.0952. The third-order valence-corrected chi connectivity index (χ3v) is 7.18. The molecule has 166 valence electrons. The van der Waals surface area contributed by atoms with Gasteiger partial charge in [0.2, 0.25) is 0 Å². The summed E-state index contributed by atoms with van der Waals surface area (Å²) < 4.78 is 7.46. The number of thiophene rings is 1. The molecule has 0 spiro atoms. The van der Waals surface area contributed by atoms with E-state index in [2.05, 4.69) is 39.7 Å². The average molecular weight is 466 g/mol. The number of unbranched alkanes of at least 4 members (excludes halogenated alkanes) is 1. The quantitative estimate of drug-likeness (QED) is 0.298. The van der Waals surface area contributed by atoms with Gasteiger partial charge in [0.1, 0.15) is 10.8 Å². The first-order valence-corrected chi connectivity index (χ1v) is 12.5. The third kappa shape index (κ3) is 4.79. The van der Waals surface area contributed by atoms with Crippen LogP contribution in [-0.4, -0.2) is 29.1 Å². The predicted octanol–water partition coefficient (Wildman–Crippen LogP) is 6.24. The molecule has 4 aromatic rings. The fourth-order valence-corrected chi connectivity index (χ4v) is 5.09. The minimum absolute atomic E-state index is 0.0206. The number of nitrogens with one attached hydrogen (secondary N) is 1. The highest BCUT2D eigenvalue weighted by Crippen LogP contribution is 2.33. The summed E-state index contributed by atoms with van der Waals surface area (Å²) in [5.41, 5.74) is 4.57. The van der Waals surface area contributed by atoms with Gasteiger partial charge in [0.25, 0.3) is 5.91 Å². The molecule has 1 aromatic carbocycles. The van der Waals surface area contributed by atoms with Crippen molar-refractivity contribution in [2.45, 2.75) is 33.2 Å². The number of methoxy groups -OCH3 is 1. The normalized spacial score (nSPS) is 11.0. The van der Waals surface area contributed by atoms with Gasteiger partial charge < -0.3 is 14.6 Å². The molecule has 7 heteroatoms. The molecule has 1 amide bonds. The number of aromatic nitrogens is 2. The molecule has 4 rings (SSSR count). The Bertz CT molecular complexity index is 1170. The Labute approximate surface area is 196 Å². The van der Waals surface area contributed by atoms with Crippen molar-refractivity contribution in [1.82, 2.24) is 14.9 Å². The maximum atomic E-state index is 12.9. The minimum Gasteiger partial charge on any atom is -0.497 e. The lowest BCUT2D eigenvalue weighted by atomic mass is 10.2. The van der Waals surface area contributed by atoms with Gasteiger partial charge in [0.15, 0.2) is 0 Å². The molecule has 0 aliphatic heterocycles. The van der Waals surface area contributed by atoms with E-state index in [1.54, 1.807) is 29.8 Å². The summed E-state index contributed by atoms with van der Waals surface area (Å²) in [7, 11) is 1.66. The van der Waals surface area contributed by atoms with Crippen molar-refractivity contribution in [3.63, 3.8) is 0 Å². The number of hydrogen-bond donors (Lipinski definition) is 1. The van der Waals surface area contributed by atoms with Gasteiger partial charge in [0.05, 0.1) is 30.6 Å². The number of ether oxygens (including phenoxy) is 1. The molecule has 0 bridgehead atoms. The first-order valence-electron chi connectivity index (χ1n) is 10.7. The first kappa shape index (κ1) is 22.3. The summed E-state index contributed by atoms with van der Waals surface area (Å²) in [5, 5.41) is 8.14. The third-order valence-electron chi connectivity index (χ3n) is 5.42. The highest BCUT2D eigenvalue weighted by atomic mass is 32.1. The van der Waals surface area contributed by atoms with Crippen molar-refractivity contribution in [3.8, 4) is 27.7 Å². The van der Waals surface area contributed by atoms with Crippen LogP contribution in [0.25, 0.3) is 22.0 Å². The Balaban J connectivity index is 1.69. The number of nitrogens with zero attached hydrogens (tertiary/aromatic N) is 2. The molecule has 5 nitrogen and oxygen atoms in total. The number of hydrogen-bond acceptors (Lipinski definition) is 5. The molecule has 0 atom stereocenters. The first-order chi connectivity index (χ1) is 15.6. The van der Waals surface area contributed by atoms with Crippen LogP contribution in [0.2, 0.25) is 0 Å². The van der Waals surface area contributed by atoms with E-state index in [0.29, 0.717) is 12.1 Å². The van der Waals surface area contributed by atoms with Gasteiger partial charge in [-0.3, -0.25) is 4.79 Å². The van der Waals surface area contributed by atoms with Crippen molar-refractivity contribution in [1.29, 1.82) is 0 Å². The fourth-order valence-electron chi connectivity index (χ4n) is 3.58. The molecule has 0 radical (unpaired) electrons. The lowest BCUT2D eigenvalue weighted by Gasteiger charge is -2.10. The average Bonchev–Trinajstić information content (AvgIpc) is 3.56. The summed E-state index contributed by atoms with van der Waals surface area (Å²) >= 11 is 3.32. The van der Waals surface area contributed by atoms with Crippen LogP contribution < -0.4 is 10.1 Å². The zero-order valence-electron chi connectivity index (χ0n) is 18.6. The molecule has 0 aliphatic carbocycles. The number of carbonyl (C=O) groups is 1. The molecule has 0 unspecified atom stereocenters. The Morgan fingerprint density at radius 3 is 2.69 bits per heavy atom. The van der Waals surface area contributed by atoms with Crippen LogP contribution in [0.5, 0.6) is 5.75 Å². The smallest absolute Gasteiger partial charge is 0.253 e. The molecular formula is C25H27N3O2S2. The van der Waals surface area contributed by atoms with Crippen LogP contribution in [-0.2, 0) is 6.54 Å². The van der Waals surface area contributed by atoms with Gasteiger partial charge in [-0.05, 0) is 55.1 Å². The Morgan fingerprint density at radius 2 is 2.00 bits per heavy atom. The van der Waals surface area contributed by atoms with Crippen molar-refractivity contribution in [2.75, 3.05) is 13.7 Å². The summed E-state index contributed by atoms with van der Waals surface area (Å²) in [4.78, 5) is 19.0. The van der Waals surface area contributed by atoms with E-state index in [9.17, 15) is 4.79 Å². The monoisotopic (exact) mass is 465 g/mol. The van der Waals surface area contributed by atoms with E-state index in [0.717, 1.165) is 52.8 Å². The van der Waals surface area contributed by atoms with Crippen LogP contribution in [0, 0.1) is 6.92 Å². The van der Waals surface area contributed by atoms with Gasteiger partial charge in [-0.1, -0.05) is 19.4 Å². The summed E-state index contributed by atoms with van der Waals surface area (Å²) in [6.07, 6.45) is 2.03. The number of carbonyl (C=O) groups excluding carboxylic acids is 1. The van der Waals surface area contributed by atoms with E-state index in [4.69, 9.17) is 9.72 Å². The zero-order valence-corrected chi connectivity index (χ0v) is 20.2. The van der Waals surface area contributed by atoms with E-state index in [1.807, 2.05) is 37.3 Å². The second-order valence-corrected chi connectivity index (χ2v) is 9.46.